The Hall–Kier alpha value is -2.89. The predicted molar refractivity (Wildman–Crippen MR) is 105 cm³/mol. The van der Waals surface area contributed by atoms with Crippen LogP contribution in [0.1, 0.15) is 15.9 Å². The van der Waals surface area contributed by atoms with E-state index in [0.717, 1.165) is 60.8 Å². The van der Waals surface area contributed by atoms with Crippen LogP contribution in [0.4, 0.5) is 5.69 Å². The molecule has 0 aliphatic carbocycles. The molecule has 0 spiro atoms. The second-order valence-corrected chi connectivity index (χ2v) is 6.93. The lowest BCUT2D eigenvalue weighted by molar-refractivity contribution is 0.0342. The number of amides is 1. The van der Waals surface area contributed by atoms with Gasteiger partial charge in [-0.1, -0.05) is 24.3 Å². The van der Waals surface area contributed by atoms with Gasteiger partial charge in [-0.15, -0.1) is 0 Å². The van der Waals surface area contributed by atoms with Crippen LogP contribution >= 0.6 is 0 Å². The van der Waals surface area contributed by atoms with E-state index < -0.39 is 0 Å². The highest BCUT2D eigenvalue weighted by Crippen LogP contribution is 2.39. The maximum absolute atomic E-state index is 12.1. The van der Waals surface area contributed by atoms with Crippen molar-refractivity contribution in [1.82, 2.24) is 4.90 Å². The molecule has 0 atom stereocenters. The number of nitrogens with one attached hydrogen (secondary N) is 1. The minimum Gasteiger partial charge on any atom is -0.457 e. The average Bonchev–Trinajstić information content (AvgIpc) is 3.04. The van der Waals surface area contributed by atoms with E-state index in [1.54, 1.807) is 0 Å². The van der Waals surface area contributed by atoms with Crippen LogP contribution in [0.2, 0.25) is 0 Å². The van der Waals surface area contributed by atoms with Crippen molar-refractivity contribution >= 4 is 22.4 Å². The summed E-state index contributed by atoms with van der Waals surface area (Å²) < 4.78 is 11.5. The van der Waals surface area contributed by atoms with E-state index in [1.165, 1.54) is 5.56 Å². The monoisotopic (exact) mass is 360 g/mol. The summed E-state index contributed by atoms with van der Waals surface area (Å²) in [5.41, 5.74) is 2.81. The molecule has 2 aliphatic heterocycles. The largest absolute Gasteiger partial charge is 0.457 e. The predicted octanol–water partition coefficient (Wildman–Crippen LogP) is 4.03. The van der Waals surface area contributed by atoms with Crippen LogP contribution in [-0.4, -0.2) is 37.1 Å². The highest BCUT2D eigenvalue weighted by molar-refractivity contribution is 6.24. The van der Waals surface area contributed by atoms with Gasteiger partial charge in [0.25, 0.3) is 5.91 Å². The first-order valence-corrected chi connectivity index (χ1v) is 9.22. The Labute approximate surface area is 157 Å². The maximum Gasteiger partial charge on any atom is 0.256 e. The van der Waals surface area contributed by atoms with Crippen molar-refractivity contribution < 1.29 is 14.3 Å². The molecule has 2 heterocycles. The zero-order valence-electron chi connectivity index (χ0n) is 14.9. The van der Waals surface area contributed by atoms with Gasteiger partial charge < -0.3 is 14.8 Å². The molecule has 5 nitrogen and oxygen atoms in total. The fourth-order valence-electron chi connectivity index (χ4n) is 3.76. The molecule has 1 N–H and O–H groups in total. The molecule has 2 aliphatic rings. The number of hydrogen-bond acceptors (Lipinski definition) is 4. The van der Waals surface area contributed by atoms with Crippen LogP contribution in [0, 0.1) is 0 Å². The third-order valence-electron chi connectivity index (χ3n) is 5.15. The SMILES string of the molecule is O=C1Nc2ccc(Oc3ccc(CN4CCOCC4)cc3)c3cccc1c23. The molecule has 5 rings (SSSR count). The Bertz CT molecular complexity index is 1010. The molecular formula is C22H20N2O3. The molecule has 136 valence electrons. The van der Waals surface area contributed by atoms with Gasteiger partial charge in [0.1, 0.15) is 11.5 Å². The van der Waals surface area contributed by atoms with Gasteiger partial charge in [-0.25, -0.2) is 0 Å². The number of benzene rings is 3. The minimum absolute atomic E-state index is 0.0554. The molecule has 0 aromatic heterocycles. The van der Waals surface area contributed by atoms with Crippen LogP contribution in [-0.2, 0) is 11.3 Å². The lowest BCUT2D eigenvalue weighted by Gasteiger charge is -2.26. The quantitative estimate of drug-likeness (QED) is 0.763. The first-order valence-electron chi connectivity index (χ1n) is 9.22. The third kappa shape index (κ3) is 3.05. The van der Waals surface area contributed by atoms with Gasteiger partial charge in [-0.2, -0.15) is 0 Å². The van der Waals surface area contributed by atoms with Crippen molar-refractivity contribution in [3.05, 3.63) is 65.7 Å². The van der Waals surface area contributed by atoms with Gasteiger partial charge in [-0.3, -0.25) is 9.69 Å². The number of carbonyl (C=O) groups is 1. The highest BCUT2D eigenvalue weighted by atomic mass is 16.5. The van der Waals surface area contributed by atoms with Crippen LogP contribution in [0.3, 0.4) is 0 Å². The van der Waals surface area contributed by atoms with Gasteiger partial charge in [0.05, 0.1) is 13.2 Å². The van der Waals surface area contributed by atoms with Crippen LogP contribution in [0.5, 0.6) is 11.5 Å². The molecule has 1 fully saturated rings. The van der Waals surface area contributed by atoms with E-state index in [2.05, 4.69) is 22.3 Å². The van der Waals surface area contributed by atoms with E-state index in [4.69, 9.17) is 9.47 Å². The van der Waals surface area contributed by atoms with Crippen molar-refractivity contribution in [2.24, 2.45) is 0 Å². The summed E-state index contributed by atoms with van der Waals surface area (Å²) in [6, 6.07) is 17.8. The number of morpholine rings is 1. The van der Waals surface area contributed by atoms with Crippen molar-refractivity contribution in [2.75, 3.05) is 31.6 Å². The summed E-state index contributed by atoms with van der Waals surface area (Å²) in [4.78, 5) is 14.4. The van der Waals surface area contributed by atoms with Gasteiger partial charge >= 0.3 is 0 Å². The average molecular weight is 360 g/mol. The Kier molecular flexibility index (Phi) is 4.03. The van der Waals surface area contributed by atoms with Gasteiger partial charge in [0.2, 0.25) is 0 Å². The van der Waals surface area contributed by atoms with Crippen LogP contribution in [0.25, 0.3) is 10.8 Å². The smallest absolute Gasteiger partial charge is 0.256 e. The summed E-state index contributed by atoms with van der Waals surface area (Å²) >= 11 is 0. The molecule has 5 heteroatoms. The Morgan fingerprint density at radius 3 is 2.63 bits per heavy atom. The van der Waals surface area contributed by atoms with E-state index >= 15 is 0 Å². The Morgan fingerprint density at radius 1 is 1.00 bits per heavy atom. The standard InChI is InChI=1S/C22H20N2O3/c25-22-18-3-1-2-17-20(9-8-19(23-22)21(17)18)27-16-6-4-15(5-7-16)14-24-10-12-26-13-11-24/h1-9H,10-14H2,(H,23,25). The second-order valence-electron chi connectivity index (χ2n) is 6.93. The molecule has 1 saturated heterocycles. The van der Waals surface area contributed by atoms with Crippen LogP contribution < -0.4 is 10.1 Å². The lowest BCUT2D eigenvalue weighted by atomic mass is 10.0. The second kappa shape index (κ2) is 6.68. The first kappa shape index (κ1) is 16.3. The molecular weight excluding hydrogens is 340 g/mol. The van der Waals surface area contributed by atoms with Crippen molar-refractivity contribution in [2.45, 2.75) is 6.54 Å². The van der Waals surface area contributed by atoms with Gasteiger partial charge in [0.15, 0.2) is 0 Å². The van der Waals surface area contributed by atoms with Crippen molar-refractivity contribution in [1.29, 1.82) is 0 Å². The molecule has 3 aromatic rings. The Balaban J connectivity index is 1.38. The fourth-order valence-corrected chi connectivity index (χ4v) is 3.76. The molecule has 0 saturated carbocycles. The number of carbonyl (C=O) groups excluding carboxylic acids is 1. The normalized spacial score (nSPS) is 16.5. The third-order valence-corrected chi connectivity index (χ3v) is 5.15. The summed E-state index contributed by atoms with van der Waals surface area (Å²) in [6.07, 6.45) is 0. The molecule has 0 unspecified atom stereocenters. The number of hydrogen-bond donors (Lipinski definition) is 1. The van der Waals surface area contributed by atoms with Gasteiger partial charge in [0, 0.05) is 41.7 Å². The molecule has 0 radical (unpaired) electrons. The molecule has 0 bridgehead atoms. The molecule has 3 aromatic carbocycles. The lowest BCUT2D eigenvalue weighted by Crippen LogP contribution is -2.35. The summed E-state index contributed by atoms with van der Waals surface area (Å²) in [7, 11) is 0. The van der Waals surface area contributed by atoms with E-state index in [0.29, 0.717) is 5.56 Å². The summed E-state index contributed by atoms with van der Waals surface area (Å²) in [5.74, 6) is 1.49. The number of nitrogens with zero attached hydrogens (tertiary/aromatic N) is 1. The highest BCUT2D eigenvalue weighted by Gasteiger charge is 2.22. The van der Waals surface area contributed by atoms with E-state index in [1.807, 2.05) is 42.5 Å². The topological polar surface area (TPSA) is 50.8 Å². The molecule has 27 heavy (non-hydrogen) atoms. The van der Waals surface area contributed by atoms with Crippen LogP contribution in [0.15, 0.2) is 54.6 Å². The van der Waals surface area contributed by atoms with E-state index in [9.17, 15) is 4.79 Å². The molecule has 1 amide bonds. The minimum atomic E-state index is -0.0554. The van der Waals surface area contributed by atoms with Crippen molar-refractivity contribution in [3.8, 4) is 11.5 Å². The first-order chi connectivity index (χ1) is 13.3. The summed E-state index contributed by atoms with van der Waals surface area (Å²) in [6.45, 7) is 4.50. The summed E-state index contributed by atoms with van der Waals surface area (Å²) in [5, 5.41) is 4.78. The number of anilines is 1. The van der Waals surface area contributed by atoms with Gasteiger partial charge in [-0.05, 0) is 35.9 Å². The Morgan fingerprint density at radius 2 is 1.81 bits per heavy atom. The number of rotatable bonds is 4. The zero-order valence-corrected chi connectivity index (χ0v) is 14.9. The zero-order chi connectivity index (χ0) is 18.2. The maximum atomic E-state index is 12.1. The van der Waals surface area contributed by atoms with Crippen molar-refractivity contribution in [3.63, 3.8) is 0 Å². The fraction of sp³-hybridized carbons (Fsp3) is 0.227. The number of ether oxygens (including phenoxy) is 2. The van der Waals surface area contributed by atoms with E-state index in [-0.39, 0.29) is 5.91 Å².